The molecule has 2 unspecified atom stereocenters. The molecule has 0 aromatic rings. The van der Waals surface area contributed by atoms with E-state index >= 15 is 0 Å². The van der Waals surface area contributed by atoms with E-state index in [1.807, 2.05) is 0 Å². The average Bonchev–Trinajstić information content (AvgIpc) is 2.26. The van der Waals surface area contributed by atoms with Crippen LogP contribution in [0.2, 0.25) is 0 Å². The van der Waals surface area contributed by atoms with E-state index in [4.69, 9.17) is 0 Å². The molecular formula is C17H37N. The van der Waals surface area contributed by atoms with Crippen molar-refractivity contribution in [3.8, 4) is 0 Å². The fourth-order valence-corrected chi connectivity index (χ4v) is 2.50. The molecule has 0 bridgehead atoms. The van der Waals surface area contributed by atoms with Gasteiger partial charge in [0.1, 0.15) is 0 Å². The minimum atomic E-state index is 0.418. The summed E-state index contributed by atoms with van der Waals surface area (Å²) in [4.78, 5) is 0. The molecule has 0 aliphatic carbocycles. The third kappa shape index (κ3) is 8.13. The molecule has 0 spiro atoms. The Labute approximate surface area is 116 Å². The zero-order valence-electron chi connectivity index (χ0n) is 14.0. The van der Waals surface area contributed by atoms with Crippen LogP contribution in [0.3, 0.4) is 0 Å². The van der Waals surface area contributed by atoms with Crippen LogP contribution in [0.4, 0.5) is 0 Å². The molecule has 0 rings (SSSR count). The largest absolute Gasteiger partial charge is 0.314 e. The van der Waals surface area contributed by atoms with Gasteiger partial charge in [-0.15, -0.1) is 0 Å². The summed E-state index contributed by atoms with van der Waals surface area (Å²) in [5.41, 5.74) is 0.418. The van der Waals surface area contributed by atoms with E-state index in [2.05, 4.69) is 53.8 Å². The molecule has 0 amide bonds. The van der Waals surface area contributed by atoms with Crippen LogP contribution in [0.15, 0.2) is 0 Å². The summed E-state index contributed by atoms with van der Waals surface area (Å²) in [6.07, 6.45) is 6.88. The molecule has 0 saturated heterocycles. The van der Waals surface area contributed by atoms with Gasteiger partial charge in [-0.05, 0) is 30.2 Å². The highest BCUT2D eigenvalue weighted by Crippen LogP contribution is 2.33. The average molecular weight is 255 g/mol. The molecule has 0 aliphatic rings. The molecule has 0 fully saturated rings. The molecule has 0 aromatic heterocycles. The Hall–Kier alpha value is -0.0400. The van der Waals surface area contributed by atoms with Gasteiger partial charge in [0.2, 0.25) is 0 Å². The Morgan fingerprint density at radius 2 is 1.67 bits per heavy atom. The molecule has 2 atom stereocenters. The van der Waals surface area contributed by atoms with Crippen LogP contribution in [0.1, 0.15) is 80.6 Å². The molecule has 18 heavy (non-hydrogen) atoms. The van der Waals surface area contributed by atoms with Gasteiger partial charge in [0.15, 0.2) is 0 Å². The molecule has 0 radical (unpaired) electrons. The van der Waals surface area contributed by atoms with Gasteiger partial charge in [-0.1, -0.05) is 74.1 Å². The second-order valence-corrected chi connectivity index (χ2v) is 7.28. The van der Waals surface area contributed by atoms with Gasteiger partial charge in [0.05, 0.1) is 0 Å². The first-order valence-electron chi connectivity index (χ1n) is 8.04. The maximum absolute atomic E-state index is 3.64. The first-order valence-corrected chi connectivity index (χ1v) is 8.04. The smallest absolute Gasteiger partial charge is 0.00104 e. The molecule has 110 valence electrons. The highest BCUT2D eigenvalue weighted by Gasteiger charge is 2.26. The van der Waals surface area contributed by atoms with Crippen LogP contribution >= 0.6 is 0 Å². The van der Waals surface area contributed by atoms with E-state index in [-0.39, 0.29) is 0 Å². The lowest BCUT2D eigenvalue weighted by molar-refractivity contribution is 0.179. The third-order valence-electron chi connectivity index (χ3n) is 4.16. The van der Waals surface area contributed by atoms with Crippen molar-refractivity contribution in [3.05, 3.63) is 0 Å². The van der Waals surface area contributed by atoms with Crippen LogP contribution in [0, 0.1) is 17.3 Å². The van der Waals surface area contributed by atoms with Gasteiger partial charge in [0.25, 0.3) is 0 Å². The monoisotopic (exact) mass is 255 g/mol. The van der Waals surface area contributed by atoms with Crippen molar-refractivity contribution >= 4 is 0 Å². The minimum absolute atomic E-state index is 0.418. The summed E-state index contributed by atoms with van der Waals surface area (Å²) in [6.45, 7) is 17.5. The summed E-state index contributed by atoms with van der Waals surface area (Å²) in [5, 5.41) is 3.64. The summed E-state index contributed by atoms with van der Waals surface area (Å²) in [7, 11) is 0. The summed E-state index contributed by atoms with van der Waals surface area (Å²) in [6, 6.07) is 0.602. The summed E-state index contributed by atoms with van der Waals surface area (Å²) < 4.78 is 0. The van der Waals surface area contributed by atoms with Gasteiger partial charge in [-0.3, -0.25) is 0 Å². The first kappa shape index (κ1) is 18.0. The number of hydrogen-bond acceptors (Lipinski definition) is 1. The molecule has 0 heterocycles. The third-order valence-corrected chi connectivity index (χ3v) is 4.16. The van der Waals surface area contributed by atoms with Crippen LogP contribution in [0.25, 0.3) is 0 Å². The minimum Gasteiger partial charge on any atom is -0.314 e. The Morgan fingerprint density at radius 3 is 2.06 bits per heavy atom. The first-order chi connectivity index (χ1) is 8.31. The zero-order chi connectivity index (χ0) is 14.2. The van der Waals surface area contributed by atoms with Crippen molar-refractivity contribution < 1.29 is 0 Å². The van der Waals surface area contributed by atoms with E-state index in [9.17, 15) is 0 Å². The summed E-state index contributed by atoms with van der Waals surface area (Å²) >= 11 is 0. The second kappa shape index (κ2) is 8.96. The fourth-order valence-electron chi connectivity index (χ4n) is 2.50. The Balaban J connectivity index is 4.36. The topological polar surface area (TPSA) is 12.0 Å². The van der Waals surface area contributed by atoms with Crippen LogP contribution in [-0.2, 0) is 0 Å². The second-order valence-electron chi connectivity index (χ2n) is 7.28. The number of nitrogens with one attached hydrogen (secondary N) is 1. The van der Waals surface area contributed by atoms with Crippen molar-refractivity contribution in [2.75, 3.05) is 6.54 Å². The van der Waals surface area contributed by atoms with Crippen molar-refractivity contribution in [1.82, 2.24) is 5.32 Å². The van der Waals surface area contributed by atoms with Gasteiger partial charge < -0.3 is 5.32 Å². The van der Waals surface area contributed by atoms with E-state index in [1.165, 1.54) is 38.6 Å². The highest BCUT2D eigenvalue weighted by atomic mass is 14.9. The highest BCUT2D eigenvalue weighted by molar-refractivity contribution is 4.79. The lowest BCUT2D eigenvalue weighted by Gasteiger charge is -2.34. The van der Waals surface area contributed by atoms with Crippen LogP contribution < -0.4 is 5.32 Å². The lowest BCUT2D eigenvalue weighted by Crippen LogP contribution is -2.36. The number of rotatable bonds is 9. The standard InChI is InChI=1S/C17H37N/c1-8-10-11-15(9-2)12-16(17(5,6)7)13-18-14(3)4/h14-16,18H,8-13H2,1-7H3. The normalized spacial score (nSPS) is 16.0. The quantitative estimate of drug-likeness (QED) is 0.593. The van der Waals surface area contributed by atoms with E-state index in [0.717, 1.165) is 11.8 Å². The van der Waals surface area contributed by atoms with Crippen molar-refractivity contribution in [2.45, 2.75) is 86.6 Å². The maximum Gasteiger partial charge on any atom is 0.00104 e. The molecule has 0 saturated carbocycles. The van der Waals surface area contributed by atoms with Gasteiger partial charge in [-0.25, -0.2) is 0 Å². The molecule has 1 nitrogen and oxygen atoms in total. The van der Waals surface area contributed by atoms with Crippen LogP contribution in [-0.4, -0.2) is 12.6 Å². The lowest BCUT2D eigenvalue weighted by atomic mass is 9.74. The molecule has 1 heteroatoms. The summed E-state index contributed by atoms with van der Waals surface area (Å²) in [5.74, 6) is 1.71. The van der Waals surface area contributed by atoms with Crippen molar-refractivity contribution in [3.63, 3.8) is 0 Å². The molecule has 0 aromatic carbocycles. The SMILES string of the molecule is CCCCC(CC)CC(CNC(C)C)C(C)(C)C. The van der Waals surface area contributed by atoms with Gasteiger partial charge >= 0.3 is 0 Å². The van der Waals surface area contributed by atoms with Crippen molar-refractivity contribution in [1.29, 1.82) is 0 Å². The maximum atomic E-state index is 3.64. The Kier molecular flexibility index (Phi) is 8.94. The van der Waals surface area contributed by atoms with E-state index in [1.54, 1.807) is 0 Å². The van der Waals surface area contributed by atoms with Gasteiger partial charge in [0, 0.05) is 6.04 Å². The van der Waals surface area contributed by atoms with E-state index < -0.39 is 0 Å². The molecule has 1 N–H and O–H groups in total. The van der Waals surface area contributed by atoms with Crippen LogP contribution in [0.5, 0.6) is 0 Å². The predicted molar refractivity (Wildman–Crippen MR) is 84.0 cm³/mol. The Morgan fingerprint density at radius 1 is 1.06 bits per heavy atom. The van der Waals surface area contributed by atoms with Crippen molar-refractivity contribution in [2.24, 2.45) is 17.3 Å². The molecule has 0 aliphatic heterocycles. The fraction of sp³-hybridized carbons (Fsp3) is 1.00. The Bertz CT molecular complexity index is 190. The zero-order valence-corrected chi connectivity index (χ0v) is 14.0. The van der Waals surface area contributed by atoms with Gasteiger partial charge in [-0.2, -0.15) is 0 Å². The predicted octanol–water partition coefficient (Wildman–Crippen LogP) is 5.25. The molecular weight excluding hydrogens is 218 g/mol. The number of unbranched alkanes of at least 4 members (excludes halogenated alkanes) is 1. The number of hydrogen-bond donors (Lipinski definition) is 1. The van der Waals surface area contributed by atoms with E-state index in [0.29, 0.717) is 11.5 Å².